The summed E-state index contributed by atoms with van der Waals surface area (Å²) in [6.07, 6.45) is 0.510. The number of rotatable bonds is 7. The number of hydrogen-bond donors (Lipinski definition) is 2. The summed E-state index contributed by atoms with van der Waals surface area (Å²) in [5.41, 5.74) is -2.00. The second-order valence-corrected chi connectivity index (χ2v) is 23.6. The third kappa shape index (κ3) is 6.79. The fourth-order valence-corrected chi connectivity index (χ4v) is 5.78. The van der Waals surface area contributed by atoms with Gasteiger partial charge in [-0.3, -0.25) is 19.6 Å². The van der Waals surface area contributed by atoms with Gasteiger partial charge in [-0.25, -0.2) is 9.86 Å². The lowest BCUT2D eigenvalue weighted by molar-refractivity contribution is -0.0412. The van der Waals surface area contributed by atoms with Crippen molar-refractivity contribution < 1.29 is 18.8 Å². The molecule has 0 aliphatic carbocycles. The Morgan fingerprint density at radius 3 is 2.03 bits per heavy atom. The zero-order valence-electron chi connectivity index (χ0n) is 24.6. The molecule has 1 fully saturated rings. The molecule has 2 rings (SSSR count). The Bertz CT molecular complexity index is 1030. The number of H-pyrrole nitrogens is 1. The van der Waals surface area contributed by atoms with Crippen LogP contribution in [0.15, 0.2) is 15.8 Å². The highest BCUT2D eigenvalue weighted by molar-refractivity contribution is 6.74. The van der Waals surface area contributed by atoms with Gasteiger partial charge in [0.2, 0.25) is 0 Å². The van der Waals surface area contributed by atoms with Crippen LogP contribution >= 0.6 is 0 Å². The summed E-state index contributed by atoms with van der Waals surface area (Å²) in [7, 11) is -4.19. The van der Waals surface area contributed by atoms with Crippen LogP contribution in [0.3, 0.4) is 0 Å². The molecule has 2 N–H and O–H groups in total. The van der Waals surface area contributed by atoms with Gasteiger partial charge in [0.1, 0.15) is 18.0 Å². The lowest BCUT2D eigenvalue weighted by Gasteiger charge is -2.40. The Labute approximate surface area is 218 Å². The Kier molecular flexibility index (Phi) is 8.73. The molecule has 0 amide bonds. The van der Waals surface area contributed by atoms with E-state index in [9.17, 15) is 14.8 Å². The Hall–Kier alpha value is -1.25. The number of aromatic amines is 1. The molecule has 1 aromatic heterocycles. The molecule has 0 radical (unpaired) electrons. The molecule has 9 nitrogen and oxygen atoms in total. The summed E-state index contributed by atoms with van der Waals surface area (Å²) in [6.45, 7) is 27.6. The summed E-state index contributed by atoms with van der Waals surface area (Å²) >= 11 is 0. The van der Waals surface area contributed by atoms with Crippen molar-refractivity contribution in [3.63, 3.8) is 0 Å². The molecule has 0 unspecified atom stereocenters. The molecule has 3 atom stereocenters. The SMILES string of the molecule is CC(C)(C)N(O)c1cn([C@H]2C[C@H](O[Si](C)(C)C(C)(C)C)[C@@H](CO[Si](C)(C)C(C)(C)C)O2)c(=O)[nH]c1=O. The first-order valence-electron chi connectivity index (χ1n) is 12.8. The minimum atomic E-state index is -2.15. The van der Waals surface area contributed by atoms with Crippen molar-refractivity contribution in [1.82, 2.24) is 9.55 Å². The predicted octanol–water partition coefficient (Wildman–Crippen LogP) is 5.23. The molecule has 36 heavy (non-hydrogen) atoms. The quantitative estimate of drug-likeness (QED) is 0.358. The minimum Gasteiger partial charge on any atom is -0.414 e. The van der Waals surface area contributed by atoms with E-state index in [-0.39, 0.29) is 28.0 Å². The van der Waals surface area contributed by atoms with Gasteiger partial charge in [-0.05, 0) is 57.0 Å². The second kappa shape index (κ2) is 10.1. The fraction of sp³-hybridized carbons (Fsp3) is 0.840. The number of nitrogens with zero attached hydrogens (tertiary/aromatic N) is 2. The normalized spacial score (nSPS) is 22.2. The van der Waals surface area contributed by atoms with Gasteiger partial charge in [-0.1, -0.05) is 41.5 Å². The van der Waals surface area contributed by atoms with E-state index in [0.29, 0.717) is 13.0 Å². The van der Waals surface area contributed by atoms with E-state index < -0.39 is 39.7 Å². The topological polar surface area (TPSA) is 106 Å². The highest BCUT2D eigenvalue weighted by Gasteiger charge is 2.47. The molecule has 11 heteroatoms. The van der Waals surface area contributed by atoms with Gasteiger partial charge in [0.05, 0.1) is 18.2 Å². The summed E-state index contributed by atoms with van der Waals surface area (Å²) < 4.78 is 21.0. The molecule has 0 aromatic carbocycles. The summed E-state index contributed by atoms with van der Waals surface area (Å²) in [4.78, 5) is 27.6. The Morgan fingerprint density at radius 2 is 1.56 bits per heavy atom. The maximum Gasteiger partial charge on any atom is 0.330 e. The van der Waals surface area contributed by atoms with Gasteiger partial charge in [0.15, 0.2) is 16.6 Å². The first-order chi connectivity index (χ1) is 16.0. The largest absolute Gasteiger partial charge is 0.414 e. The van der Waals surface area contributed by atoms with E-state index in [1.54, 1.807) is 20.8 Å². The van der Waals surface area contributed by atoms with Crippen LogP contribution in [0.4, 0.5) is 5.69 Å². The Morgan fingerprint density at radius 1 is 1.03 bits per heavy atom. The molecule has 0 bridgehead atoms. The molecule has 1 aromatic rings. The van der Waals surface area contributed by atoms with Crippen LogP contribution in [-0.4, -0.2) is 55.7 Å². The van der Waals surface area contributed by atoms with E-state index in [1.807, 2.05) is 0 Å². The standard InChI is InChI=1S/C25H49N3O6Si2/c1-23(2,3)28(31)17-15-27(22(30)26-21(17)29)20-14-18(34-36(12,13)25(7,8)9)19(33-20)16-32-35(10,11)24(4,5)6/h15,18-20,31H,14,16H2,1-13H3,(H,26,29,30)/t18-,19+,20+/m0/s1. The first-order valence-corrected chi connectivity index (χ1v) is 18.6. The highest BCUT2D eigenvalue weighted by atomic mass is 28.4. The van der Waals surface area contributed by atoms with Crippen LogP contribution in [-0.2, 0) is 13.6 Å². The molecule has 0 spiro atoms. The van der Waals surface area contributed by atoms with Crippen LogP contribution in [0.25, 0.3) is 0 Å². The van der Waals surface area contributed by atoms with Crippen molar-refractivity contribution in [2.24, 2.45) is 0 Å². The van der Waals surface area contributed by atoms with Crippen LogP contribution < -0.4 is 16.3 Å². The van der Waals surface area contributed by atoms with Gasteiger partial charge in [0.25, 0.3) is 5.56 Å². The lowest BCUT2D eigenvalue weighted by atomic mass is 10.1. The van der Waals surface area contributed by atoms with Crippen molar-refractivity contribution in [3.8, 4) is 0 Å². The van der Waals surface area contributed by atoms with Crippen molar-refractivity contribution in [2.75, 3.05) is 11.7 Å². The highest BCUT2D eigenvalue weighted by Crippen LogP contribution is 2.42. The van der Waals surface area contributed by atoms with Crippen LogP contribution in [0, 0.1) is 0 Å². The van der Waals surface area contributed by atoms with Gasteiger partial charge >= 0.3 is 5.69 Å². The summed E-state index contributed by atoms with van der Waals surface area (Å²) in [5.74, 6) is 0. The van der Waals surface area contributed by atoms with Gasteiger partial charge in [-0.2, -0.15) is 0 Å². The smallest absolute Gasteiger partial charge is 0.330 e. The van der Waals surface area contributed by atoms with Gasteiger partial charge < -0.3 is 13.6 Å². The van der Waals surface area contributed by atoms with Crippen LogP contribution in [0.2, 0.25) is 36.3 Å². The molecule has 1 aliphatic rings. The number of anilines is 1. The number of hydrogen-bond acceptors (Lipinski definition) is 7. The average molecular weight is 544 g/mol. The van der Waals surface area contributed by atoms with E-state index >= 15 is 0 Å². The molecule has 1 saturated heterocycles. The average Bonchev–Trinajstić information content (AvgIpc) is 3.05. The maximum atomic E-state index is 12.8. The number of nitrogens with one attached hydrogen (secondary N) is 1. The first kappa shape index (κ1) is 31.0. The third-order valence-electron chi connectivity index (χ3n) is 7.97. The maximum absolute atomic E-state index is 12.8. The number of ether oxygens (including phenoxy) is 1. The van der Waals surface area contributed by atoms with Gasteiger partial charge in [-0.15, -0.1) is 0 Å². The number of hydroxylamine groups is 1. The lowest BCUT2D eigenvalue weighted by Crippen LogP contribution is -2.48. The van der Waals surface area contributed by atoms with Crippen molar-refractivity contribution in [3.05, 3.63) is 27.0 Å². The zero-order chi connectivity index (χ0) is 28.1. The fourth-order valence-electron chi connectivity index (χ4n) is 3.41. The van der Waals surface area contributed by atoms with Gasteiger partial charge in [0, 0.05) is 12.6 Å². The Balaban J connectivity index is 2.44. The summed E-state index contributed by atoms with van der Waals surface area (Å²) in [6, 6.07) is 0. The van der Waals surface area contributed by atoms with Crippen molar-refractivity contribution in [1.29, 1.82) is 0 Å². The molecular formula is C25H49N3O6Si2. The molecule has 1 aliphatic heterocycles. The van der Waals surface area contributed by atoms with Crippen molar-refractivity contribution in [2.45, 2.75) is 129 Å². The number of aromatic nitrogens is 2. The minimum absolute atomic E-state index is 0.00200. The van der Waals surface area contributed by atoms with Crippen molar-refractivity contribution >= 4 is 22.3 Å². The van der Waals surface area contributed by atoms with E-state index in [0.717, 1.165) is 5.06 Å². The molecule has 208 valence electrons. The second-order valence-electron chi connectivity index (χ2n) is 14.0. The van der Waals surface area contributed by atoms with E-state index in [2.05, 4.69) is 72.7 Å². The zero-order valence-corrected chi connectivity index (χ0v) is 26.6. The summed E-state index contributed by atoms with van der Waals surface area (Å²) in [5, 5.41) is 11.5. The molecular weight excluding hydrogens is 494 g/mol. The molecule has 0 saturated carbocycles. The van der Waals surface area contributed by atoms with Crippen LogP contribution in [0.1, 0.15) is 75.0 Å². The van der Waals surface area contributed by atoms with Crippen LogP contribution in [0.5, 0.6) is 0 Å². The third-order valence-corrected chi connectivity index (χ3v) is 17.0. The van der Waals surface area contributed by atoms with E-state index in [4.69, 9.17) is 13.6 Å². The van der Waals surface area contributed by atoms with E-state index in [1.165, 1.54) is 10.8 Å². The predicted molar refractivity (Wildman–Crippen MR) is 149 cm³/mol. The molecule has 2 heterocycles. The monoisotopic (exact) mass is 543 g/mol.